The average molecular weight is 359 g/mol. The molecule has 1 unspecified atom stereocenters. The highest BCUT2D eigenvalue weighted by atomic mass is 35.5. The normalized spacial score (nSPS) is 12.2. The van der Waals surface area contributed by atoms with Gasteiger partial charge < -0.3 is 5.32 Å². The van der Waals surface area contributed by atoms with E-state index in [0.29, 0.717) is 12.1 Å². The fourth-order valence-electron chi connectivity index (χ4n) is 3.02. The average Bonchev–Trinajstić information content (AvgIpc) is 2.61. The van der Waals surface area contributed by atoms with Crippen LogP contribution >= 0.6 is 11.6 Å². The fraction of sp³-hybridized carbons (Fsp3) is 0.381. The van der Waals surface area contributed by atoms with Gasteiger partial charge in [0.25, 0.3) is 5.91 Å². The predicted molar refractivity (Wildman–Crippen MR) is 105 cm³/mol. The highest BCUT2D eigenvalue weighted by Crippen LogP contribution is 2.27. The maximum atomic E-state index is 12.6. The molecule has 0 saturated heterocycles. The van der Waals surface area contributed by atoms with Gasteiger partial charge in [-0.25, -0.2) is 0 Å². The molecule has 1 N–H and O–H groups in total. The summed E-state index contributed by atoms with van der Waals surface area (Å²) in [6, 6.07) is 13.7. The van der Waals surface area contributed by atoms with E-state index < -0.39 is 0 Å². The molecule has 0 radical (unpaired) electrons. The summed E-state index contributed by atoms with van der Waals surface area (Å²) in [7, 11) is 0. The van der Waals surface area contributed by atoms with Gasteiger partial charge in [-0.1, -0.05) is 49.7 Å². The summed E-state index contributed by atoms with van der Waals surface area (Å²) in [4.78, 5) is 14.9. The van der Waals surface area contributed by atoms with Crippen molar-refractivity contribution in [3.05, 3.63) is 69.7 Å². The van der Waals surface area contributed by atoms with Crippen molar-refractivity contribution in [3.63, 3.8) is 0 Å². The van der Waals surface area contributed by atoms with Crippen LogP contribution in [0.3, 0.4) is 0 Å². The summed E-state index contributed by atoms with van der Waals surface area (Å²) < 4.78 is 0. The van der Waals surface area contributed by atoms with E-state index in [1.165, 1.54) is 5.56 Å². The molecule has 3 nitrogen and oxygen atoms in total. The van der Waals surface area contributed by atoms with Gasteiger partial charge in [-0.2, -0.15) is 0 Å². The van der Waals surface area contributed by atoms with Crippen molar-refractivity contribution in [2.75, 3.05) is 19.6 Å². The maximum absolute atomic E-state index is 12.6. The van der Waals surface area contributed by atoms with Crippen LogP contribution in [0.15, 0.2) is 42.5 Å². The Morgan fingerprint density at radius 2 is 1.76 bits per heavy atom. The highest BCUT2D eigenvalue weighted by molar-refractivity contribution is 6.31. The van der Waals surface area contributed by atoms with Gasteiger partial charge in [0.2, 0.25) is 0 Å². The minimum atomic E-state index is -0.0488. The van der Waals surface area contributed by atoms with Crippen LogP contribution in [0.5, 0.6) is 0 Å². The number of hydrogen-bond donors (Lipinski definition) is 1. The number of rotatable bonds is 7. The molecular weight excluding hydrogens is 332 g/mol. The van der Waals surface area contributed by atoms with Crippen molar-refractivity contribution in [2.45, 2.75) is 33.7 Å². The third-order valence-electron chi connectivity index (χ3n) is 4.74. The van der Waals surface area contributed by atoms with Crippen molar-refractivity contribution in [3.8, 4) is 0 Å². The number of aryl methyl sites for hydroxylation is 2. The zero-order valence-corrected chi connectivity index (χ0v) is 16.2. The quantitative estimate of drug-likeness (QED) is 0.773. The Bertz CT molecular complexity index is 726. The molecule has 2 rings (SSSR count). The number of nitrogens with one attached hydrogen (secondary N) is 1. The summed E-state index contributed by atoms with van der Waals surface area (Å²) >= 11 is 6.41. The first-order valence-corrected chi connectivity index (χ1v) is 9.19. The van der Waals surface area contributed by atoms with Crippen LogP contribution < -0.4 is 5.32 Å². The molecule has 1 atom stereocenters. The van der Waals surface area contributed by atoms with Crippen molar-refractivity contribution in [2.24, 2.45) is 0 Å². The summed E-state index contributed by atoms with van der Waals surface area (Å²) in [5.41, 5.74) is 4.06. The van der Waals surface area contributed by atoms with Crippen molar-refractivity contribution < 1.29 is 4.79 Å². The van der Waals surface area contributed by atoms with Gasteiger partial charge in [0.15, 0.2) is 0 Å². The van der Waals surface area contributed by atoms with Crippen molar-refractivity contribution in [1.29, 1.82) is 0 Å². The lowest BCUT2D eigenvalue weighted by Crippen LogP contribution is -2.38. The standard InChI is InChI=1S/C21H27ClN2O/c1-5-24(6-2)20(18-9-7-8-10-19(18)22)14-23-21(25)17-12-11-15(3)16(4)13-17/h7-13,20H,5-6,14H2,1-4H3,(H,23,25). The van der Waals surface area contributed by atoms with Crippen LogP contribution in [0.4, 0.5) is 0 Å². The Morgan fingerprint density at radius 3 is 2.36 bits per heavy atom. The molecule has 2 aromatic rings. The van der Waals surface area contributed by atoms with Crippen LogP contribution in [0, 0.1) is 13.8 Å². The second kappa shape index (κ2) is 9.02. The lowest BCUT2D eigenvalue weighted by atomic mass is 10.0. The Balaban J connectivity index is 2.18. The molecule has 0 fully saturated rings. The highest BCUT2D eigenvalue weighted by Gasteiger charge is 2.21. The van der Waals surface area contributed by atoms with E-state index in [0.717, 1.165) is 29.2 Å². The van der Waals surface area contributed by atoms with Crippen molar-refractivity contribution >= 4 is 17.5 Å². The molecule has 134 valence electrons. The van der Waals surface area contributed by atoms with E-state index in [4.69, 9.17) is 11.6 Å². The van der Waals surface area contributed by atoms with E-state index in [1.54, 1.807) is 0 Å². The van der Waals surface area contributed by atoms with E-state index in [-0.39, 0.29) is 11.9 Å². The molecule has 25 heavy (non-hydrogen) atoms. The number of benzene rings is 2. The number of carbonyl (C=O) groups is 1. The van der Waals surface area contributed by atoms with E-state index in [1.807, 2.05) is 56.3 Å². The SMILES string of the molecule is CCN(CC)C(CNC(=O)c1ccc(C)c(C)c1)c1ccccc1Cl. The molecule has 0 bridgehead atoms. The summed E-state index contributed by atoms with van der Waals surface area (Å²) in [5.74, 6) is -0.0488. The van der Waals surface area contributed by atoms with Crippen LogP contribution in [0.2, 0.25) is 5.02 Å². The van der Waals surface area contributed by atoms with E-state index in [9.17, 15) is 4.79 Å². The van der Waals surface area contributed by atoms with Gasteiger partial charge in [0.05, 0.1) is 6.04 Å². The molecule has 0 aliphatic rings. The number of carbonyl (C=O) groups excluding carboxylic acids is 1. The molecule has 2 aromatic carbocycles. The first-order valence-electron chi connectivity index (χ1n) is 8.81. The minimum absolute atomic E-state index is 0.0488. The zero-order valence-electron chi connectivity index (χ0n) is 15.5. The Labute approximate surface area is 156 Å². The van der Waals surface area contributed by atoms with Crippen LogP contribution in [0.25, 0.3) is 0 Å². The van der Waals surface area contributed by atoms with Gasteiger partial charge in [0.1, 0.15) is 0 Å². The van der Waals surface area contributed by atoms with Gasteiger partial charge in [0, 0.05) is 17.1 Å². The molecule has 4 heteroatoms. The Hall–Kier alpha value is -1.84. The first kappa shape index (κ1) is 19.5. The largest absolute Gasteiger partial charge is 0.350 e. The number of amides is 1. The summed E-state index contributed by atoms with van der Waals surface area (Å²) in [5, 5.41) is 3.82. The van der Waals surface area contributed by atoms with Crippen LogP contribution in [0.1, 0.15) is 46.9 Å². The van der Waals surface area contributed by atoms with Gasteiger partial charge >= 0.3 is 0 Å². The molecular formula is C21H27ClN2O. The molecule has 1 amide bonds. The van der Waals surface area contributed by atoms with Gasteiger partial charge in [-0.3, -0.25) is 9.69 Å². The van der Waals surface area contributed by atoms with Crippen LogP contribution in [-0.2, 0) is 0 Å². The minimum Gasteiger partial charge on any atom is -0.350 e. The first-order chi connectivity index (χ1) is 12.0. The van der Waals surface area contributed by atoms with Crippen molar-refractivity contribution in [1.82, 2.24) is 10.2 Å². The lowest BCUT2D eigenvalue weighted by Gasteiger charge is -2.31. The monoisotopic (exact) mass is 358 g/mol. The van der Waals surface area contributed by atoms with E-state index in [2.05, 4.69) is 24.1 Å². The van der Waals surface area contributed by atoms with E-state index >= 15 is 0 Å². The molecule has 0 aromatic heterocycles. The Kier molecular flexibility index (Phi) is 7.03. The second-order valence-electron chi connectivity index (χ2n) is 6.27. The molecule has 0 heterocycles. The van der Waals surface area contributed by atoms with Gasteiger partial charge in [-0.05, 0) is 61.8 Å². The van der Waals surface area contributed by atoms with Gasteiger partial charge in [-0.15, -0.1) is 0 Å². The Morgan fingerprint density at radius 1 is 1.08 bits per heavy atom. The predicted octanol–water partition coefficient (Wildman–Crippen LogP) is 4.77. The number of halogens is 1. The molecule has 0 aliphatic heterocycles. The molecule has 0 saturated carbocycles. The smallest absolute Gasteiger partial charge is 0.251 e. The third-order valence-corrected chi connectivity index (χ3v) is 5.09. The molecule has 0 aliphatic carbocycles. The lowest BCUT2D eigenvalue weighted by molar-refractivity contribution is 0.0935. The summed E-state index contributed by atoms with van der Waals surface area (Å²) in [6.45, 7) is 10.6. The number of likely N-dealkylation sites (N-methyl/N-ethyl adjacent to an activating group) is 1. The van der Waals surface area contributed by atoms with Crippen LogP contribution in [-0.4, -0.2) is 30.4 Å². The fourth-order valence-corrected chi connectivity index (χ4v) is 3.28. The number of hydrogen-bond acceptors (Lipinski definition) is 2. The third kappa shape index (κ3) is 4.83. The molecule has 0 spiro atoms. The topological polar surface area (TPSA) is 32.3 Å². The number of nitrogens with zero attached hydrogens (tertiary/aromatic N) is 1. The second-order valence-corrected chi connectivity index (χ2v) is 6.67. The zero-order chi connectivity index (χ0) is 18.4. The summed E-state index contributed by atoms with van der Waals surface area (Å²) in [6.07, 6.45) is 0. The maximum Gasteiger partial charge on any atom is 0.251 e.